The van der Waals surface area contributed by atoms with Crippen LogP contribution in [0.5, 0.6) is 0 Å². The minimum Gasteiger partial charge on any atom is -0.346 e. The van der Waals surface area contributed by atoms with Gasteiger partial charge < -0.3 is 4.90 Å². The van der Waals surface area contributed by atoms with Gasteiger partial charge in [0.1, 0.15) is 5.82 Å². The third kappa shape index (κ3) is 3.82. The fourth-order valence-electron chi connectivity index (χ4n) is 2.50. The molecule has 1 N–H and O–H groups in total. The van der Waals surface area contributed by atoms with Crippen LogP contribution in [0.2, 0.25) is 0 Å². The van der Waals surface area contributed by atoms with Crippen molar-refractivity contribution in [2.45, 2.75) is 18.2 Å². The van der Waals surface area contributed by atoms with Crippen LogP contribution in [0.4, 0.5) is 9.52 Å². The molecule has 2 heterocycles. The normalized spacial score (nSPS) is 18.8. The summed E-state index contributed by atoms with van der Waals surface area (Å²) in [4.78, 5) is 6.32. The molecule has 1 saturated heterocycles. The highest BCUT2D eigenvalue weighted by Gasteiger charge is 2.27. The molecule has 0 spiro atoms. The number of sulfonamides is 1. The van der Waals surface area contributed by atoms with Crippen molar-refractivity contribution in [1.29, 1.82) is 0 Å². The second kappa shape index (κ2) is 6.31. The number of aromatic nitrogens is 1. The van der Waals surface area contributed by atoms with Gasteiger partial charge >= 0.3 is 0 Å². The van der Waals surface area contributed by atoms with Gasteiger partial charge in [-0.15, -0.1) is 11.3 Å². The number of nitrogens with zero attached hydrogens (tertiary/aromatic N) is 2. The van der Waals surface area contributed by atoms with Crippen molar-refractivity contribution in [3.8, 4) is 0 Å². The Bertz CT molecular complexity index is 717. The average Bonchev–Trinajstić information content (AvgIpc) is 3.11. The van der Waals surface area contributed by atoms with Crippen molar-refractivity contribution in [2.75, 3.05) is 18.0 Å². The highest BCUT2D eigenvalue weighted by molar-refractivity contribution is 7.88. The van der Waals surface area contributed by atoms with E-state index >= 15 is 0 Å². The SMILES string of the molecule is O=S(=O)(Cc1ccc(F)cc1)NC1CCN(c2nccs2)C1. The van der Waals surface area contributed by atoms with Gasteiger partial charge in [-0.1, -0.05) is 12.1 Å². The molecule has 1 aliphatic heterocycles. The van der Waals surface area contributed by atoms with Crippen LogP contribution in [0.3, 0.4) is 0 Å². The fourth-order valence-corrected chi connectivity index (χ4v) is 4.59. The lowest BCUT2D eigenvalue weighted by Crippen LogP contribution is -2.37. The Hall–Kier alpha value is -1.51. The molecular weight excluding hydrogens is 325 g/mol. The summed E-state index contributed by atoms with van der Waals surface area (Å²) in [5, 5.41) is 2.82. The first kappa shape index (κ1) is 15.4. The standard InChI is InChI=1S/C14H16FN3O2S2/c15-12-3-1-11(2-4-12)10-22(19,20)17-13-5-7-18(9-13)14-16-6-8-21-14/h1-4,6,8,13,17H,5,7,9-10H2. The van der Waals surface area contributed by atoms with E-state index < -0.39 is 10.0 Å². The maximum atomic E-state index is 12.8. The molecule has 1 aromatic carbocycles. The number of nitrogens with one attached hydrogen (secondary N) is 1. The highest BCUT2D eigenvalue weighted by Crippen LogP contribution is 2.22. The Morgan fingerprint density at radius 2 is 2.14 bits per heavy atom. The second-order valence-corrected chi connectivity index (χ2v) is 7.88. The molecule has 1 aliphatic rings. The number of halogens is 1. The van der Waals surface area contributed by atoms with Crippen LogP contribution in [0.15, 0.2) is 35.8 Å². The van der Waals surface area contributed by atoms with Crippen molar-refractivity contribution < 1.29 is 12.8 Å². The minimum absolute atomic E-state index is 0.116. The van der Waals surface area contributed by atoms with Gasteiger partial charge in [0, 0.05) is 30.7 Å². The maximum Gasteiger partial charge on any atom is 0.216 e. The summed E-state index contributed by atoms with van der Waals surface area (Å²) >= 11 is 1.55. The highest BCUT2D eigenvalue weighted by atomic mass is 32.2. The molecule has 1 unspecified atom stereocenters. The Labute approximate surface area is 132 Å². The molecule has 1 atom stereocenters. The first-order chi connectivity index (χ1) is 10.5. The zero-order valence-corrected chi connectivity index (χ0v) is 13.4. The van der Waals surface area contributed by atoms with Gasteiger partial charge in [-0.2, -0.15) is 0 Å². The summed E-state index contributed by atoms with van der Waals surface area (Å²) in [5.41, 5.74) is 0.573. The molecule has 0 bridgehead atoms. The molecule has 2 aromatic rings. The van der Waals surface area contributed by atoms with Crippen molar-refractivity contribution in [3.05, 3.63) is 47.2 Å². The van der Waals surface area contributed by atoms with Crippen LogP contribution in [0.25, 0.3) is 0 Å². The summed E-state index contributed by atoms with van der Waals surface area (Å²) < 4.78 is 40.0. The quantitative estimate of drug-likeness (QED) is 0.903. The minimum atomic E-state index is -3.44. The first-order valence-corrected chi connectivity index (χ1v) is 9.44. The van der Waals surface area contributed by atoms with E-state index in [0.717, 1.165) is 18.1 Å². The predicted molar refractivity (Wildman–Crippen MR) is 84.9 cm³/mol. The molecule has 0 saturated carbocycles. The van der Waals surface area contributed by atoms with Crippen LogP contribution in [-0.4, -0.2) is 32.5 Å². The van der Waals surface area contributed by atoms with Gasteiger partial charge in [0.25, 0.3) is 0 Å². The van der Waals surface area contributed by atoms with Gasteiger partial charge in [0.05, 0.1) is 5.75 Å². The molecule has 8 heteroatoms. The van der Waals surface area contributed by atoms with Crippen molar-refractivity contribution in [2.24, 2.45) is 0 Å². The summed E-state index contributed by atoms with van der Waals surface area (Å²) in [7, 11) is -3.44. The Kier molecular flexibility index (Phi) is 4.42. The zero-order chi connectivity index (χ0) is 15.6. The van der Waals surface area contributed by atoms with Gasteiger partial charge in [0.15, 0.2) is 5.13 Å². The molecular formula is C14H16FN3O2S2. The number of hydrogen-bond acceptors (Lipinski definition) is 5. The van der Waals surface area contributed by atoms with Crippen LogP contribution in [0, 0.1) is 5.82 Å². The Morgan fingerprint density at radius 1 is 1.36 bits per heavy atom. The number of hydrogen-bond donors (Lipinski definition) is 1. The lowest BCUT2D eigenvalue weighted by atomic mass is 10.2. The molecule has 0 radical (unpaired) electrons. The molecule has 5 nitrogen and oxygen atoms in total. The van der Waals surface area contributed by atoms with Crippen molar-refractivity contribution >= 4 is 26.5 Å². The summed E-state index contributed by atoms with van der Waals surface area (Å²) in [6, 6.07) is 5.40. The topological polar surface area (TPSA) is 62.3 Å². The third-order valence-corrected chi connectivity index (χ3v) is 5.73. The number of anilines is 1. The smallest absolute Gasteiger partial charge is 0.216 e. The van der Waals surface area contributed by atoms with Gasteiger partial charge in [-0.3, -0.25) is 0 Å². The van der Waals surface area contributed by atoms with E-state index in [-0.39, 0.29) is 17.6 Å². The fraction of sp³-hybridized carbons (Fsp3) is 0.357. The van der Waals surface area contributed by atoms with E-state index in [9.17, 15) is 12.8 Å². The molecule has 0 amide bonds. The molecule has 1 fully saturated rings. The van der Waals surface area contributed by atoms with Crippen molar-refractivity contribution in [1.82, 2.24) is 9.71 Å². The van der Waals surface area contributed by atoms with Crippen LogP contribution < -0.4 is 9.62 Å². The monoisotopic (exact) mass is 341 g/mol. The molecule has 22 heavy (non-hydrogen) atoms. The summed E-state index contributed by atoms with van der Waals surface area (Å²) in [6.07, 6.45) is 2.49. The van der Waals surface area contributed by atoms with Crippen molar-refractivity contribution in [3.63, 3.8) is 0 Å². The largest absolute Gasteiger partial charge is 0.346 e. The van der Waals surface area contributed by atoms with E-state index in [1.165, 1.54) is 24.3 Å². The molecule has 0 aliphatic carbocycles. The molecule has 1 aromatic heterocycles. The first-order valence-electron chi connectivity index (χ1n) is 6.91. The second-order valence-electron chi connectivity index (χ2n) is 5.25. The van der Waals surface area contributed by atoms with Gasteiger partial charge in [-0.25, -0.2) is 22.5 Å². The van der Waals surface area contributed by atoms with Crippen LogP contribution in [-0.2, 0) is 15.8 Å². The summed E-state index contributed by atoms with van der Waals surface area (Å²) in [5.74, 6) is -0.509. The van der Waals surface area contributed by atoms with Gasteiger partial charge in [0.2, 0.25) is 10.0 Å². The van der Waals surface area contributed by atoms with Crippen LogP contribution in [0.1, 0.15) is 12.0 Å². The van der Waals surface area contributed by atoms with E-state index in [1.807, 2.05) is 5.38 Å². The molecule has 118 valence electrons. The predicted octanol–water partition coefficient (Wildman–Crippen LogP) is 1.98. The number of benzene rings is 1. The zero-order valence-electron chi connectivity index (χ0n) is 11.8. The van der Waals surface area contributed by atoms with Gasteiger partial charge in [-0.05, 0) is 24.1 Å². The lowest BCUT2D eigenvalue weighted by Gasteiger charge is -2.16. The lowest BCUT2D eigenvalue weighted by molar-refractivity contribution is 0.560. The van der Waals surface area contributed by atoms with E-state index in [0.29, 0.717) is 12.1 Å². The Morgan fingerprint density at radius 3 is 2.82 bits per heavy atom. The maximum absolute atomic E-state index is 12.8. The van der Waals surface area contributed by atoms with E-state index in [1.54, 1.807) is 17.5 Å². The van der Waals surface area contributed by atoms with E-state index in [4.69, 9.17) is 0 Å². The average molecular weight is 341 g/mol. The third-order valence-electron chi connectivity index (χ3n) is 3.49. The van der Waals surface area contributed by atoms with Crippen LogP contribution >= 0.6 is 11.3 Å². The number of rotatable bonds is 5. The molecule has 3 rings (SSSR count). The Balaban J connectivity index is 1.59. The van der Waals surface area contributed by atoms with E-state index in [2.05, 4.69) is 14.6 Å². The summed E-state index contributed by atoms with van der Waals surface area (Å²) in [6.45, 7) is 1.41. The number of thiazole rings is 1.